The molecule has 22 heavy (non-hydrogen) atoms. The highest BCUT2D eigenvalue weighted by atomic mass is 32.1. The van der Waals surface area contributed by atoms with E-state index in [0.717, 1.165) is 11.3 Å². The quantitative estimate of drug-likeness (QED) is 0.741. The van der Waals surface area contributed by atoms with Gasteiger partial charge in [-0.15, -0.1) is 11.3 Å². The molecule has 0 spiro atoms. The molecule has 3 nitrogen and oxygen atoms in total. The number of hydrogen-bond donors (Lipinski definition) is 1. The minimum absolute atomic E-state index is 0.0256. The Morgan fingerprint density at radius 2 is 2.00 bits per heavy atom. The minimum Gasteiger partial charge on any atom is -0.346 e. The standard InChI is InChI=1S/C18H18N2OS/c1-14-6-4-7-15(12-14)19-18(21)13-16(17-8-5-11-22-17)20-9-2-3-10-20/h2-12,16H,13H2,1H3,(H,19,21)/t16-/m0/s1. The van der Waals surface area contributed by atoms with Crippen molar-refractivity contribution in [1.29, 1.82) is 0 Å². The molecule has 0 saturated heterocycles. The molecule has 112 valence electrons. The van der Waals surface area contributed by atoms with Gasteiger partial charge in [0.2, 0.25) is 5.91 Å². The highest BCUT2D eigenvalue weighted by Crippen LogP contribution is 2.27. The third-order valence-electron chi connectivity index (χ3n) is 3.54. The van der Waals surface area contributed by atoms with Gasteiger partial charge in [0, 0.05) is 23.0 Å². The van der Waals surface area contributed by atoms with E-state index in [9.17, 15) is 4.79 Å². The fraction of sp³-hybridized carbons (Fsp3) is 0.167. The van der Waals surface area contributed by atoms with Crippen LogP contribution in [0.4, 0.5) is 5.69 Å². The van der Waals surface area contributed by atoms with E-state index in [4.69, 9.17) is 0 Å². The van der Waals surface area contributed by atoms with Crippen molar-refractivity contribution in [1.82, 2.24) is 4.57 Å². The Hall–Kier alpha value is -2.33. The van der Waals surface area contributed by atoms with Gasteiger partial charge in [0.15, 0.2) is 0 Å². The first kappa shape index (κ1) is 14.6. The van der Waals surface area contributed by atoms with E-state index in [1.54, 1.807) is 11.3 Å². The van der Waals surface area contributed by atoms with E-state index in [2.05, 4.69) is 16.0 Å². The lowest BCUT2D eigenvalue weighted by molar-refractivity contribution is -0.116. The summed E-state index contributed by atoms with van der Waals surface area (Å²) >= 11 is 1.68. The molecule has 0 aliphatic heterocycles. The molecule has 0 saturated carbocycles. The van der Waals surface area contributed by atoms with Crippen molar-refractivity contribution in [2.45, 2.75) is 19.4 Å². The molecule has 1 amide bonds. The summed E-state index contributed by atoms with van der Waals surface area (Å²) in [6.07, 6.45) is 4.43. The predicted octanol–water partition coefficient (Wildman–Crippen LogP) is 4.48. The lowest BCUT2D eigenvalue weighted by atomic mass is 10.1. The molecule has 1 atom stereocenters. The summed E-state index contributed by atoms with van der Waals surface area (Å²) in [5.41, 5.74) is 1.99. The Kier molecular flexibility index (Phi) is 4.39. The molecule has 2 heterocycles. The number of anilines is 1. The summed E-state index contributed by atoms with van der Waals surface area (Å²) in [5, 5.41) is 5.04. The van der Waals surface area contributed by atoms with Gasteiger partial charge in [-0.2, -0.15) is 0 Å². The third-order valence-corrected chi connectivity index (χ3v) is 4.51. The maximum absolute atomic E-state index is 12.4. The molecule has 3 rings (SSSR count). The summed E-state index contributed by atoms with van der Waals surface area (Å²) in [5.74, 6) is 0.0256. The number of thiophene rings is 1. The number of nitrogens with zero attached hydrogens (tertiary/aromatic N) is 1. The summed E-state index contributed by atoms with van der Waals surface area (Å²) in [7, 11) is 0. The van der Waals surface area contributed by atoms with Crippen molar-refractivity contribution >= 4 is 22.9 Å². The van der Waals surface area contributed by atoms with Gasteiger partial charge in [-0.3, -0.25) is 4.79 Å². The van der Waals surface area contributed by atoms with E-state index in [1.807, 2.05) is 67.2 Å². The van der Waals surface area contributed by atoms with Crippen LogP contribution in [0, 0.1) is 6.92 Å². The average molecular weight is 310 g/mol. The van der Waals surface area contributed by atoms with E-state index < -0.39 is 0 Å². The number of aromatic nitrogens is 1. The zero-order valence-corrected chi connectivity index (χ0v) is 13.2. The predicted molar refractivity (Wildman–Crippen MR) is 91.3 cm³/mol. The topological polar surface area (TPSA) is 34.0 Å². The van der Waals surface area contributed by atoms with E-state index >= 15 is 0 Å². The molecule has 1 aromatic carbocycles. The number of nitrogens with one attached hydrogen (secondary N) is 1. The van der Waals surface area contributed by atoms with E-state index in [1.165, 1.54) is 4.88 Å². The van der Waals surface area contributed by atoms with Crippen molar-refractivity contribution in [3.8, 4) is 0 Å². The van der Waals surface area contributed by atoms with Crippen molar-refractivity contribution < 1.29 is 4.79 Å². The molecule has 0 aliphatic carbocycles. The van der Waals surface area contributed by atoms with Gasteiger partial charge in [-0.1, -0.05) is 18.2 Å². The molecule has 3 aromatic rings. The Labute approximate surface area is 134 Å². The molecule has 1 N–H and O–H groups in total. The smallest absolute Gasteiger partial charge is 0.226 e. The summed E-state index contributed by atoms with van der Waals surface area (Å²) in [6, 6.07) is 16.0. The molecular weight excluding hydrogens is 292 g/mol. The van der Waals surface area contributed by atoms with Crippen molar-refractivity contribution in [3.05, 3.63) is 76.7 Å². The Morgan fingerprint density at radius 3 is 2.68 bits per heavy atom. The normalized spacial score (nSPS) is 12.0. The average Bonchev–Trinajstić information content (AvgIpc) is 3.18. The van der Waals surface area contributed by atoms with Crippen LogP contribution < -0.4 is 5.32 Å². The highest BCUT2D eigenvalue weighted by molar-refractivity contribution is 7.10. The first-order valence-corrected chi connectivity index (χ1v) is 8.13. The number of carbonyl (C=O) groups excluding carboxylic acids is 1. The first-order chi connectivity index (χ1) is 10.7. The van der Waals surface area contributed by atoms with E-state index in [0.29, 0.717) is 6.42 Å². The van der Waals surface area contributed by atoms with Gasteiger partial charge in [0.05, 0.1) is 12.5 Å². The second kappa shape index (κ2) is 6.62. The number of aryl methyl sites for hydroxylation is 1. The zero-order chi connectivity index (χ0) is 15.4. The van der Waals surface area contributed by atoms with E-state index in [-0.39, 0.29) is 11.9 Å². The molecule has 0 bridgehead atoms. The van der Waals surface area contributed by atoms with Crippen LogP contribution in [-0.2, 0) is 4.79 Å². The van der Waals surface area contributed by atoms with Crippen LogP contribution in [0.15, 0.2) is 66.3 Å². The molecule has 2 aromatic heterocycles. The van der Waals surface area contributed by atoms with Crippen LogP contribution in [0.25, 0.3) is 0 Å². The number of benzene rings is 1. The fourth-order valence-electron chi connectivity index (χ4n) is 2.50. The Morgan fingerprint density at radius 1 is 1.18 bits per heavy atom. The molecule has 0 unspecified atom stereocenters. The highest BCUT2D eigenvalue weighted by Gasteiger charge is 2.18. The molecular formula is C18H18N2OS. The largest absolute Gasteiger partial charge is 0.346 e. The molecule has 0 fully saturated rings. The maximum Gasteiger partial charge on any atom is 0.226 e. The number of hydrogen-bond acceptors (Lipinski definition) is 2. The second-order valence-corrected chi connectivity index (χ2v) is 6.26. The Balaban J connectivity index is 1.75. The molecule has 4 heteroatoms. The van der Waals surface area contributed by atoms with Crippen LogP contribution >= 0.6 is 11.3 Å². The van der Waals surface area contributed by atoms with Crippen LogP contribution in [0.3, 0.4) is 0 Å². The lowest BCUT2D eigenvalue weighted by Crippen LogP contribution is -2.19. The van der Waals surface area contributed by atoms with Gasteiger partial charge in [0.25, 0.3) is 0 Å². The zero-order valence-electron chi connectivity index (χ0n) is 12.4. The maximum atomic E-state index is 12.4. The van der Waals surface area contributed by atoms with Crippen LogP contribution in [0.1, 0.15) is 22.9 Å². The molecule has 0 radical (unpaired) electrons. The monoisotopic (exact) mass is 310 g/mol. The summed E-state index contributed by atoms with van der Waals surface area (Å²) in [6.45, 7) is 2.02. The van der Waals surface area contributed by atoms with Crippen molar-refractivity contribution in [2.75, 3.05) is 5.32 Å². The van der Waals surface area contributed by atoms with Gasteiger partial charge in [0.1, 0.15) is 0 Å². The van der Waals surface area contributed by atoms with Crippen LogP contribution in [0.5, 0.6) is 0 Å². The van der Waals surface area contributed by atoms with Gasteiger partial charge < -0.3 is 9.88 Å². The fourth-order valence-corrected chi connectivity index (χ4v) is 3.33. The van der Waals surface area contributed by atoms with Crippen LogP contribution in [-0.4, -0.2) is 10.5 Å². The number of carbonyl (C=O) groups is 1. The van der Waals surface area contributed by atoms with Gasteiger partial charge >= 0.3 is 0 Å². The summed E-state index contributed by atoms with van der Waals surface area (Å²) in [4.78, 5) is 13.6. The second-order valence-electron chi connectivity index (χ2n) is 5.28. The lowest BCUT2D eigenvalue weighted by Gasteiger charge is -2.17. The Bertz CT molecular complexity index is 698. The first-order valence-electron chi connectivity index (χ1n) is 7.25. The third kappa shape index (κ3) is 3.46. The number of rotatable bonds is 5. The number of amides is 1. The molecule has 0 aliphatic rings. The van der Waals surface area contributed by atoms with Crippen molar-refractivity contribution in [2.24, 2.45) is 0 Å². The van der Waals surface area contributed by atoms with Crippen molar-refractivity contribution in [3.63, 3.8) is 0 Å². The van der Waals surface area contributed by atoms with Gasteiger partial charge in [-0.25, -0.2) is 0 Å². The SMILES string of the molecule is Cc1cccc(NC(=O)C[C@@H](c2cccs2)n2cccc2)c1. The van der Waals surface area contributed by atoms with Crippen LogP contribution in [0.2, 0.25) is 0 Å². The minimum atomic E-state index is 0.0256. The summed E-state index contributed by atoms with van der Waals surface area (Å²) < 4.78 is 2.08. The van der Waals surface area contributed by atoms with Gasteiger partial charge in [-0.05, 0) is 48.2 Å².